The van der Waals surface area contributed by atoms with E-state index in [1.807, 2.05) is 7.05 Å². The maximum Gasteiger partial charge on any atom is 0.245 e. The summed E-state index contributed by atoms with van der Waals surface area (Å²) in [5.74, 6) is -0.242. The fourth-order valence-electron chi connectivity index (χ4n) is 3.32. The van der Waals surface area contributed by atoms with E-state index >= 15 is 0 Å². The molecule has 3 heterocycles. The lowest BCUT2D eigenvalue weighted by molar-refractivity contribution is 0.217. The van der Waals surface area contributed by atoms with Crippen molar-refractivity contribution in [3.05, 3.63) is 24.3 Å². The molecule has 5 nitrogen and oxygen atoms in total. The zero-order valence-electron chi connectivity index (χ0n) is 11.4. The number of hydrogen-bond donors (Lipinski definition) is 0. The minimum atomic E-state index is -3.66. The van der Waals surface area contributed by atoms with Crippen molar-refractivity contribution in [2.45, 2.75) is 23.8 Å². The highest BCUT2D eigenvalue weighted by Crippen LogP contribution is 2.33. The Kier molecular flexibility index (Phi) is 3.51. The van der Waals surface area contributed by atoms with Crippen LogP contribution in [0.5, 0.6) is 0 Å². The summed E-state index contributed by atoms with van der Waals surface area (Å²) in [6.45, 7) is 2.18. The number of nitrogens with zero attached hydrogens (tertiary/aromatic N) is 3. The molecule has 2 aliphatic rings. The molecule has 0 N–H and O–H groups in total. The lowest BCUT2D eigenvalue weighted by Crippen LogP contribution is -2.48. The van der Waals surface area contributed by atoms with Gasteiger partial charge < -0.3 is 4.90 Å². The summed E-state index contributed by atoms with van der Waals surface area (Å²) in [7, 11) is -1.65. The molecule has 0 saturated carbocycles. The van der Waals surface area contributed by atoms with Crippen LogP contribution in [0.15, 0.2) is 23.4 Å². The number of rotatable bonds is 2. The van der Waals surface area contributed by atoms with Gasteiger partial charge in [0, 0.05) is 31.9 Å². The van der Waals surface area contributed by atoms with Gasteiger partial charge in [-0.2, -0.15) is 4.31 Å². The summed E-state index contributed by atoms with van der Waals surface area (Å²) in [5, 5.41) is 0. The molecule has 0 unspecified atom stereocenters. The lowest BCUT2D eigenvalue weighted by atomic mass is 9.94. The zero-order chi connectivity index (χ0) is 14.3. The van der Waals surface area contributed by atoms with Crippen LogP contribution in [-0.2, 0) is 10.0 Å². The first-order chi connectivity index (χ1) is 9.48. The Hall–Kier alpha value is -1.05. The Labute approximate surface area is 118 Å². The number of likely N-dealkylation sites (tertiary alicyclic amines) is 1. The lowest BCUT2D eigenvalue weighted by Gasteiger charge is -2.35. The molecule has 2 saturated heterocycles. The number of halogens is 1. The van der Waals surface area contributed by atoms with Gasteiger partial charge in [0.1, 0.15) is 10.7 Å². The Bertz CT molecular complexity index is 607. The SMILES string of the molecule is CN1C[C@@H]2CCCN(S(=O)(=O)c3cncc(F)c3)[C@@H]2C1. The third kappa shape index (κ3) is 2.34. The number of aromatic nitrogens is 1. The van der Waals surface area contributed by atoms with Crippen LogP contribution in [0.1, 0.15) is 12.8 Å². The van der Waals surface area contributed by atoms with E-state index in [1.54, 1.807) is 4.31 Å². The number of piperidine rings is 1. The molecule has 2 fully saturated rings. The van der Waals surface area contributed by atoms with E-state index in [0.29, 0.717) is 12.5 Å². The quantitative estimate of drug-likeness (QED) is 0.815. The van der Waals surface area contributed by atoms with E-state index in [0.717, 1.165) is 38.2 Å². The van der Waals surface area contributed by atoms with Gasteiger partial charge in [-0.05, 0) is 31.9 Å². The second-order valence-corrected chi connectivity index (χ2v) is 7.54. The highest BCUT2D eigenvalue weighted by Gasteiger charge is 2.43. The number of likely N-dealkylation sites (N-methyl/N-ethyl adjacent to an activating group) is 1. The molecular formula is C13H18FN3O2S. The van der Waals surface area contributed by atoms with Crippen LogP contribution in [0, 0.1) is 11.7 Å². The average molecular weight is 299 g/mol. The van der Waals surface area contributed by atoms with Crippen molar-refractivity contribution in [3.8, 4) is 0 Å². The molecule has 0 amide bonds. The van der Waals surface area contributed by atoms with Crippen molar-refractivity contribution in [2.24, 2.45) is 5.92 Å². The highest BCUT2D eigenvalue weighted by molar-refractivity contribution is 7.89. The summed E-state index contributed by atoms with van der Waals surface area (Å²) >= 11 is 0. The van der Waals surface area contributed by atoms with Crippen molar-refractivity contribution < 1.29 is 12.8 Å². The normalized spacial score (nSPS) is 28.5. The van der Waals surface area contributed by atoms with Crippen LogP contribution >= 0.6 is 0 Å². The van der Waals surface area contributed by atoms with Gasteiger partial charge in [0.25, 0.3) is 0 Å². The Morgan fingerprint density at radius 1 is 1.35 bits per heavy atom. The van der Waals surface area contributed by atoms with Gasteiger partial charge in [0.2, 0.25) is 10.0 Å². The third-order valence-corrected chi connectivity index (χ3v) is 6.09. The van der Waals surface area contributed by atoms with Crippen molar-refractivity contribution in [3.63, 3.8) is 0 Å². The molecule has 0 aliphatic carbocycles. The van der Waals surface area contributed by atoms with Gasteiger partial charge in [-0.25, -0.2) is 12.8 Å². The third-order valence-electron chi connectivity index (χ3n) is 4.20. The van der Waals surface area contributed by atoms with E-state index in [2.05, 4.69) is 9.88 Å². The molecule has 3 rings (SSSR count). The topological polar surface area (TPSA) is 53.5 Å². The molecular weight excluding hydrogens is 281 g/mol. The van der Waals surface area contributed by atoms with Crippen LogP contribution in [0.25, 0.3) is 0 Å². The van der Waals surface area contributed by atoms with E-state index in [4.69, 9.17) is 0 Å². The predicted octanol–water partition coefficient (Wildman–Crippen LogP) is 0.935. The smallest absolute Gasteiger partial charge is 0.245 e. The van der Waals surface area contributed by atoms with Crippen molar-refractivity contribution in [2.75, 3.05) is 26.7 Å². The van der Waals surface area contributed by atoms with Crippen molar-refractivity contribution in [1.29, 1.82) is 0 Å². The number of fused-ring (bicyclic) bond motifs is 1. The first kappa shape index (κ1) is 13.9. The van der Waals surface area contributed by atoms with Gasteiger partial charge in [-0.3, -0.25) is 4.98 Å². The molecule has 110 valence electrons. The molecule has 1 aromatic heterocycles. The monoisotopic (exact) mass is 299 g/mol. The summed E-state index contributed by atoms with van der Waals surface area (Å²) in [5.41, 5.74) is 0. The average Bonchev–Trinajstić information content (AvgIpc) is 2.78. The number of pyridine rings is 1. The fraction of sp³-hybridized carbons (Fsp3) is 0.615. The molecule has 1 aromatic rings. The van der Waals surface area contributed by atoms with E-state index in [-0.39, 0.29) is 10.9 Å². The Morgan fingerprint density at radius 3 is 2.90 bits per heavy atom. The summed E-state index contributed by atoms with van der Waals surface area (Å²) in [4.78, 5) is 5.77. The summed E-state index contributed by atoms with van der Waals surface area (Å²) in [6.07, 6.45) is 4.15. The predicted molar refractivity (Wildman–Crippen MR) is 72.1 cm³/mol. The molecule has 0 aromatic carbocycles. The van der Waals surface area contributed by atoms with Crippen LogP contribution in [0.4, 0.5) is 4.39 Å². The molecule has 0 bridgehead atoms. The van der Waals surface area contributed by atoms with Crippen molar-refractivity contribution in [1.82, 2.24) is 14.2 Å². The molecule has 0 radical (unpaired) electrons. The number of hydrogen-bond acceptors (Lipinski definition) is 4. The molecule has 20 heavy (non-hydrogen) atoms. The maximum atomic E-state index is 13.2. The van der Waals surface area contributed by atoms with Crippen LogP contribution < -0.4 is 0 Å². The van der Waals surface area contributed by atoms with Gasteiger partial charge in [0.05, 0.1) is 6.20 Å². The zero-order valence-corrected chi connectivity index (χ0v) is 12.2. The molecule has 7 heteroatoms. The molecule has 2 atom stereocenters. The van der Waals surface area contributed by atoms with E-state index in [1.165, 1.54) is 6.20 Å². The fourth-order valence-corrected chi connectivity index (χ4v) is 5.01. The minimum absolute atomic E-state index is 0.00187. The Balaban J connectivity index is 1.94. The van der Waals surface area contributed by atoms with Crippen LogP contribution in [0.3, 0.4) is 0 Å². The summed E-state index contributed by atoms with van der Waals surface area (Å²) in [6, 6.07) is 1.05. The van der Waals surface area contributed by atoms with Crippen LogP contribution in [-0.4, -0.2) is 55.3 Å². The van der Waals surface area contributed by atoms with Crippen molar-refractivity contribution >= 4 is 10.0 Å². The van der Waals surface area contributed by atoms with Crippen LogP contribution in [0.2, 0.25) is 0 Å². The van der Waals surface area contributed by atoms with Gasteiger partial charge in [-0.1, -0.05) is 0 Å². The van der Waals surface area contributed by atoms with Gasteiger partial charge in [0.15, 0.2) is 0 Å². The maximum absolute atomic E-state index is 13.2. The number of sulfonamides is 1. The molecule has 2 aliphatic heterocycles. The van der Waals surface area contributed by atoms with E-state index < -0.39 is 15.8 Å². The largest absolute Gasteiger partial charge is 0.304 e. The van der Waals surface area contributed by atoms with Gasteiger partial charge in [-0.15, -0.1) is 0 Å². The van der Waals surface area contributed by atoms with Gasteiger partial charge >= 0.3 is 0 Å². The second-order valence-electron chi connectivity index (χ2n) is 5.65. The molecule has 0 spiro atoms. The first-order valence-electron chi connectivity index (χ1n) is 6.79. The standard InChI is InChI=1S/C13H18FN3O2S/c1-16-8-10-3-2-4-17(13(10)9-16)20(18,19)12-5-11(14)6-15-7-12/h5-7,10,13H,2-4,8-9H2,1H3/t10-,13+/m0/s1. The highest BCUT2D eigenvalue weighted by atomic mass is 32.2. The summed E-state index contributed by atoms with van der Waals surface area (Å²) < 4.78 is 40.2. The second kappa shape index (κ2) is 5.05. The first-order valence-corrected chi connectivity index (χ1v) is 8.23. The van der Waals surface area contributed by atoms with E-state index in [9.17, 15) is 12.8 Å². The minimum Gasteiger partial charge on any atom is -0.304 e. The Morgan fingerprint density at radius 2 is 2.15 bits per heavy atom.